The first kappa shape index (κ1) is 16.3. The van der Waals surface area contributed by atoms with Crippen LogP contribution in [-0.4, -0.2) is 32.9 Å². The Morgan fingerprint density at radius 2 is 2.00 bits per heavy atom. The Labute approximate surface area is 121 Å². The van der Waals surface area contributed by atoms with Crippen molar-refractivity contribution in [2.24, 2.45) is 0 Å². The number of rotatable bonds is 10. The van der Waals surface area contributed by atoms with E-state index in [2.05, 4.69) is 5.32 Å². The van der Waals surface area contributed by atoms with E-state index >= 15 is 0 Å². The number of hydrogen-bond acceptors (Lipinski definition) is 3. The summed E-state index contributed by atoms with van der Waals surface area (Å²) in [6, 6.07) is 5.68. The third kappa shape index (κ3) is 7.41. The molecule has 0 bridgehead atoms. The number of unbranched alkanes of at least 4 members (excludes halogenated alkanes) is 1. The molecule has 0 saturated carbocycles. The van der Waals surface area contributed by atoms with E-state index < -0.39 is 0 Å². The Morgan fingerprint density at radius 3 is 2.74 bits per heavy atom. The fourth-order valence-electron chi connectivity index (χ4n) is 1.73. The maximum atomic E-state index is 5.89. The third-order valence-electron chi connectivity index (χ3n) is 2.77. The van der Waals surface area contributed by atoms with E-state index in [1.165, 1.54) is 0 Å². The summed E-state index contributed by atoms with van der Waals surface area (Å²) in [5, 5.41) is 4.10. The second kappa shape index (κ2) is 10.1. The van der Waals surface area contributed by atoms with Crippen molar-refractivity contribution in [3.8, 4) is 5.75 Å². The average Bonchev–Trinajstić information content (AvgIpc) is 2.39. The molecule has 4 heteroatoms. The van der Waals surface area contributed by atoms with Gasteiger partial charge >= 0.3 is 0 Å². The monoisotopic (exact) mass is 285 g/mol. The van der Waals surface area contributed by atoms with Crippen molar-refractivity contribution in [3.63, 3.8) is 0 Å². The lowest BCUT2D eigenvalue weighted by atomic mass is 10.2. The maximum Gasteiger partial charge on any atom is 0.122 e. The van der Waals surface area contributed by atoms with E-state index in [4.69, 9.17) is 21.1 Å². The molecule has 1 rings (SSSR count). The van der Waals surface area contributed by atoms with Crippen LogP contribution in [0.5, 0.6) is 5.75 Å². The Balaban J connectivity index is 2.01. The zero-order chi connectivity index (χ0) is 13.9. The Kier molecular flexibility index (Phi) is 8.63. The van der Waals surface area contributed by atoms with E-state index in [1.807, 2.05) is 32.0 Å². The Hall–Kier alpha value is -0.770. The average molecular weight is 286 g/mol. The highest BCUT2D eigenvalue weighted by molar-refractivity contribution is 6.30. The molecule has 1 aromatic rings. The normalized spacial score (nSPS) is 10.7. The van der Waals surface area contributed by atoms with Crippen molar-refractivity contribution in [2.45, 2.75) is 26.7 Å². The molecule has 3 nitrogen and oxygen atoms in total. The van der Waals surface area contributed by atoms with Gasteiger partial charge in [0.2, 0.25) is 0 Å². The molecular formula is C15H24ClNO2. The summed E-state index contributed by atoms with van der Waals surface area (Å²) in [5.74, 6) is 0.905. The molecule has 0 aliphatic heterocycles. The smallest absolute Gasteiger partial charge is 0.122 e. The molecule has 1 aromatic carbocycles. The second-order valence-electron chi connectivity index (χ2n) is 4.41. The van der Waals surface area contributed by atoms with Gasteiger partial charge in [0, 0.05) is 24.8 Å². The summed E-state index contributed by atoms with van der Waals surface area (Å²) < 4.78 is 11.0. The first-order chi connectivity index (χ1) is 9.24. The molecule has 1 N–H and O–H groups in total. The predicted octanol–water partition coefficient (Wildman–Crippen LogP) is 3.43. The molecule has 0 heterocycles. The lowest BCUT2D eigenvalue weighted by Crippen LogP contribution is -2.22. The topological polar surface area (TPSA) is 30.5 Å². The first-order valence-corrected chi connectivity index (χ1v) is 7.29. The van der Waals surface area contributed by atoms with Gasteiger partial charge in [-0.1, -0.05) is 11.6 Å². The van der Waals surface area contributed by atoms with E-state index in [1.54, 1.807) is 0 Å². The highest BCUT2D eigenvalue weighted by Gasteiger charge is 1.99. The first-order valence-electron chi connectivity index (χ1n) is 6.91. The van der Waals surface area contributed by atoms with Gasteiger partial charge in [0.05, 0.1) is 0 Å². The molecule has 19 heavy (non-hydrogen) atoms. The minimum absolute atomic E-state index is 0.675. The Morgan fingerprint density at radius 1 is 1.16 bits per heavy atom. The molecule has 0 fully saturated rings. The molecule has 0 atom stereocenters. The zero-order valence-electron chi connectivity index (χ0n) is 11.9. The van der Waals surface area contributed by atoms with E-state index in [-0.39, 0.29) is 0 Å². The van der Waals surface area contributed by atoms with Gasteiger partial charge in [0.25, 0.3) is 0 Å². The van der Waals surface area contributed by atoms with Gasteiger partial charge in [-0.2, -0.15) is 0 Å². The molecule has 0 unspecified atom stereocenters. The second-order valence-corrected chi connectivity index (χ2v) is 4.85. The van der Waals surface area contributed by atoms with E-state index in [0.717, 1.165) is 55.5 Å². The van der Waals surface area contributed by atoms with Gasteiger partial charge in [-0.3, -0.25) is 0 Å². The van der Waals surface area contributed by atoms with Crippen molar-refractivity contribution in [1.29, 1.82) is 0 Å². The lowest BCUT2D eigenvalue weighted by molar-refractivity contribution is 0.143. The summed E-state index contributed by atoms with van der Waals surface area (Å²) >= 11 is 5.89. The van der Waals surface area contributed by atoms with Crippen LogP contribution in [0.2, 0.25) is 5.02 Å². The van der Waals surface area contributed by atoms with E-state index in [9.17, 15) is 0 Å². The summed E-state index contributed by atoms with van der Waals surface area (Å²) in [6.07, 6.45) is 2.25. The van der Waals surface area contributed by atoms with Gasteiger partial charge in [-0.25, -0.2) is 0 Å². The number of hydrogen-bond donors (Lipinski definition) is 1. The predicted molar refractivity (Wildman–Crippen MR) is 80.3 cm³/mol. The highest BCUT2D eigenvalue weighted by Crippen LogP contribution is 2.21. The molecule has 0 aliphatic rings. The molecular weight excluding hydrogens is 262 g/mol. The van der Waals surface area contributed by atoms with E-state index in [0.29, 0.717) is 6.61 Å². The van der Waals surface area contributed by atoms with Crippen LogP contribution in [-0.2, 0) is 4.74 Å². The molecule has 108 valence electrons. The van der Waals surface area contributed by atoms with Crippen LogP contribution in [0.25, 0.3) is 0 Å². The van der Waals surface area contributed by atoms with Crippen molar-refractivity contribution in [3.05, 3.63) is 28.8 Å². The number of benzene rings is 1. The van der Waals surface area contributed by atoms with Crippen molar-refractivity contribution in [1.82, 2.24) is 5.32 Å². The maximum absolute atomic E-state index is 5.89. The van der Waals surface area contributed by atoms with Crippen LogP contribution in [0.1, 0.15) is 25.3 Å². The van der Waals surface area contributed by atoms with Crippen LogP contribution >= 0.6 is 11.6 Å². The fourth-order valence-corrected chi connectivity index (χ4v) is 1.96. The molecule has 0 amide bonds. The lowest BCUT2D eigenvalue weighted by Gasteiger charge is -2.10. The molecule has 0 saturated heterocycles. The van der Waals surface area contributed by atoms with Crippen LogP contribution < -0.4 is 10.1 Å². The summed E-state index contributed by atoms with van der Waals surface area (Å²) in [5.41, 5.74) is 1.07. The van der Waals surface area contributed by atoms with Crippen LogP contribution in [0.3, 0.4) is 0 Å². The summed E-state index contributed by atoms with van der Waals surface area (Å²) in [6.45, 7) is 8.23. The zero-order valence-corrected chi connectivity index (χ0v) is 12.6. The number of aryl methyl sites for hydroxylation is 1. The standard InChI is InChI=1S/C15H24ClNO2/c1-3-18-10-5-4-8-17-9-11-19-15-7-6-14(16)12-13(15)2/h6-7,12,17H,3-5,8-11H2,1-2H3. The molecule has 0 aromatic heterocycles. The van der Waals surface area contributed by atoms with Crippen molar-refractivity contribution >= 4 is 11.6 Å². The summed E-state index contributed by atoms with van der Waals surface area (Å²) in [4.78, 5) is 0. The van der Waals surface area contributed by atoms with Crippen molar-refractivity contribution in [2.75, 3.05) is 32.9 Å². The minimum Gasteiger partial charge on any atom is -0.492 e. The van der Waals surface area contributed by atoms with Crippen LogP contribution in [0.15, 0.2) is 18.2 Å². The molecule has 0 radical (unpaired) electrons. The van der Waals surface area contributed by atoms with Gasteiger partial charge in [0.15, 0.2) is 0 Å². The van der Waals surface area contributed by atoms with Crippen LogP contribution in [0, 0.1) is 6.92 Å². The highest BCUT2D eigenvalue weighted by atomic mass is 35.5. The summed E-state index contributed by atoms with van der Waals surface area (Å²) in [7, 11) is 0. The number of nitrogens with one attached hydrogen (secondary N) is 1. The molecule has 0 aliphatic carbocycles. The number of halogens is 1. The van der Waals surface area contributed by atoms with Gasteiger partial charge in [-0.15, -0.1) is 0 Å². The quantitative estimate of drug-likeness (QED) is 0.668. The number of ether oxygens (including phenoxy) is 2. The van der Waals surface area contributed by atoms with Gasteiger partial charge < -0.3 is 14.8 Å². The fraction of sp³-hybridized carbons (Fsp3) is 0.600. The third-order valence-corrected chi connectivity index (χ3v) is 3.00. The largest absolute Gasteiger partial charge is 0.492 e. The SMILES string of the molecule is CCOCCCCNCCOc1ccc(Cl)cc1C. The van der Waals surface area contributed by atoms with Gasteiger partial charge in [-0.05, 0) is 57.0 Å². The van der Waals surface area contributed by atoms with Crippen LogP contribution in [0.4, 0.5) is 0 Å². The molecule has 0 spiro atoms. The minimum atomic E-state index is 0.675. The van der Waals surface area contributed by atoms with Gasteiger partial charge in [0.1, 0.15) is 12.4 Å². The van der Waals surface area contributed by atoms with Crippen molar-refractivity contribution < 1.29 is 9.47 Å². The Bertz CT molecular complexity index is 358.